The highest BCUT2D eigenvalue weighted by atomic mass is 15.3. The molecule has 1 N–H and O–H groups in total. The van der Waals surface area contributed by atoms with Crippen molar-refractivity contribution in [2.75, 3.05) is 32.5 Å². The van der Waals surface area contributed by atoms with E-state index in [1.54, 1.807) is 0 Å². The molecule has 0 bridgehead atoms. The van der Waals surface area contributed by atoms with Crippen molar-refractivity contribution in [1.29, 1.82) is 0 Å². The maximum Gasteiger partial charge on any atom is 0.106 e. The number of piperidine rings is 1. The quantitative estimate of drug-likeness (QED) is 0.805. The van der Waals surface area contributed by atoms with Crippen LogP contribution < -0.4 is 5.32 Å². The topological polar surface area (TPSA) is 12.0 Å². The van der Waals surface area contributed by atoms with E-state index in [0.717, 1.165) is 17.1 Å². The van der Waals surface area contributed by atoms with E-state index >= 15 is 0 Å². The van der Waals surface area contributed by atoms with Gasteiger partial charge in [-0.25, -0.2) is 0 Å². The van der Waals surface area contributed by atoms with Gasteiger partial charge in [0.05, 0.1) is 27.2 Å². The molecule has 1 aliphatic heterocycles. The molecule has 132 valence electrons. The molecular formula is C23H31N2+. The number of quaternary nitrogens is 1. The number of likely N-dealkylation sites (tertiary alicyclic amines) is 1. The molecule has 2 aromatic carbocycles. The van der Waals surface area contributed by atoms with Crippen molar-refractivity contribution in [3.05, 3.63) is 65.2 Å². The largest absolute Gasteiger partial charge is 0.379 e. The normalized spacial score (nSPS) is 22.6. The van der Waals surface area contributed by atoms with Gasteiger partial charge in [-0.15, -0.1) is 0 Å². The lowest BCUT2D eigenvalue weighted by molar-refractivity contribution is -0.918. The smallest absolute Gasteiger partial charge is 0.106 e. The number of anilines is 1. The summed E-state index contributed by atoms with van der Waals surface area (Å²) in [7, 11) is 4.76. The van der Waals surface area contributed by atoms with E-state index in [1.165, 1.54) is 61.0 Å². The third kappa shape index (κ3) is 3.59. The van der Waals surface area contributed by atoms with E-state index < -0.39 is 0 Å². The molecule has 1 heterocycles. The maximum atomic E-state index is 3.69. The number of rotatable bonds is 4. The number of hydrogen-bond acceptors (Lipinski definition) is 1. The van der Waals surface area contributed by atoms with Crippen molar-refractivity contribution in [2.24, 2.45) is 0 Å². The Morgan fingerprint density at radius 3 is 2.24 bits per heavy atom. The van der Waals surface area contributed by atoms with Gasteiger partial charge in [-0.05, 0) is 60.4 Å². The summed E-state index contributed by atoms with van der Waals surface area (Å²) in [6, 6.07) is 18.9. The highest BCUT2D eigenvalue weighted by molar-refractivity contribution is 5.47. The average Bonchev–Trinajstić information content (AvgIpc) is 3.05. The Bertz CT molecular complexity index is 692. The maximum absolute atomic E-state index is 3.69. The molecule has 0 saturated carbocycles. The first-order valence-electron chi connectivity index (χ1n) is 9.85. The van der Waals surface area contributed by atoms with Crippen molar-refractivity contribution >= 4 is 5.69 Å². The summed E-state index contributed by atoms with van der Waals surface area (Å²) >= 11 is 0. The third-order valence-corrected chi connectivity index (χ3v) is 6.49. The standard InChI is InChI=1S/C23H31N2/c1-25(2)14-6-5-9-23(25)17-24-22-12-10-18(11-13-22)21-15-19-7-3-4-8-20(19)16-21/h3-4,7-8,10-13,21,23-24H,5-6,9,14-17H2,1-2H3/q+1. The zero-order valence-corrected chi connectivity index (χ0v) is 15.7. The number of nitrogens with zero attached hydrogens (tertiary/aromatic N) is 1. The summed E-state index contributed by atoms with van der Waals surface area (Å²) in [6.45, 7) is 2.40. The minimum atomic E-state index is 0.653. The minimum Gasteiger partial charge on any atom is -0.379 e. The van der Waals surface area contributed by atoms with Crippen LogP contribution in [0.3, 0.4) is 0 Å². The Morgan fingerprint density at radius 2 is 1.60 bits per heavy atom. The van der Waals surface area contributed by atoms with E-state index in [-0.39, 0.29) is 0 Å². The van der Waals surface area contributed by atoms with Crippen molar-refractivity contribution in [2.45, 2.75) is 44.1 Å². The molecule has 0 spiro atoms. The first-order valence-corrected chi connectivity index (χ1v) is 9.85. The van der Waals surface area contributed by atoms with E-state index in [0.29, 0.717) is 5.92 Å². The van der Waals surface area contributed by atoms with E-state index in [2.05, 4.69) is 67.9 Å². The molecule has 2 heteroatoms. The SMILES string of the molecule is C[N+]1(C)CCCCC1CNc1ccc(C2Cc3ccccc3C2)cc1. The van der Waals surface area contributed by atoms with Crippen molar-refractivity contribution < 1.29 is 4.48 Å². The summed E-state index contributed by atoms with van der Waals surface area (Å²) < 4.78 is 1.16. The first kappa shape index (κ1) is 16.7. The van der Waals surface area contributed by atoms with Crippen LogP contribution in [-0.4, -0.2) is 37.7 Å². The van der Waals surface area contributed by atoms with Crippen LogP contribution in [0, 0.1) is 0 Å². The highest BCUT2D eigenvalue weighted by Gasteiger charge is 2.31. The van der Waals surface area contributed by atoms with Gasteiger partial charge in [-0.1, -0.05) is 36.4 Å². The second kappa shape index (κ2) is 6.84. The molecule has 4 rings (SSSR count). The summed E-state index contributed by atoms with van der Waals surface area (Å²) in [5, 5.41) is 3.69. The zero-order chi connectivity index (χ0) is 17.3. The molecule has 2 aliphatic rings. The van der Waals surface area contributed by atoms with Gasteiger partial charge in [0, 0.05) is 12.1 Å². The number of likely N-dealkylation sites (N-methyl/N-ethyl adjacent to an activating group) is 1. The molecule has 1 aliphatic carbocycles. The van der Waals surface area contributed by atoms with E-state index in [1.807, 2.05) is 0 Å². The minimum absolute atomic E-state index is 0.653. The Labute approximate surface area is 152 Å². The zero-order valence-electron chi connectivity index (χ0n) is 15.7. The van der Waals surface area contributed by atoms with Gasteiger partial charge in [0.25, 0.3) is 0 Å². The van der Waals surface area contributed by atoms with Crippen molar-refractivity contribution in [3.63, 3.8) is 0 Å². The fraction of sp³-hybridized carbons (Fsp3) is 0.478. The van der Waals surface area contributed by atoms with E-state index in [9.17, 15) is 0 Å². The van der Waals surface area contributed by atoms with Gasteiger partial charge < -0.3 is 9.80 Å². The highest BCUT2D eigenvalue weighted by Crippen LogP contribution is 2.34. The van der Waals surface area contributed by atoms with Crippen LogP contribution in [0.5, 0.6) is 0 Å². The second-order valence-corrected chi connectivity index (χ2v) is 8.53. The molecule has 0 radical (unpaired) electrons. The monoisotopic (exact) mass is 335 g/mol. The van der Waals surface area contributed by atoms with Crippen molar-refractivity contribution in [3.8, 4) is 0 Å². The van der Waals surface area contributed by atoms with Crippen molar-refractivity contribution in [1.82, 2.24) is 0 Å². The van der Waals surface area contributed by atoms with Crippen LogP contribution >= 0.6 is 0 Å². The lowest BCUT2D eigenvalue weighted by atomic mass is 9.96. The van der Waals surface area contributed by atoms with Crippen LogP contribution in [0.2, 0.25) is 0 Å². The Hall–Kier alpha value is -1.80. The molecule has 1 unspecified atom stereocenters. The summed E-state index contributed by atoms with van der Waals surface area (Å²) in [5.74, 6) is 0.653. The van der Waals surface area contributed by atoms with Gasteiger partial charge >= 0.3 is 0 Å². The Balaban J connectivity index is 1.36. The van der Waals surface area contributed by atoms with Gasteiger partial charge in [0.15, 0.2) is 0 Å². The Kier molecular flexibility index (Phi) is 4.56. The predicted molar refractivity (Wildman–Crippen MR) is 106 cm³/mol. The molecule has 1 fully saturated rings. The van der Waals surface area contributed by atoms with Gasteiger partial charge in [-0.2, -0.15) is 0 Å². The molecule has 0 aromatic heterocycles. The van der Waals surface area contributed by atoms with Crippen LogP contribution in [0.25, 0.3) is 0 Å². The fourth-order valence-corrected chi connectivity index (χ4v) is 4.68. The molecule has 2 nitrogen and oxygen atoms in total. The second-order valence-electron chi connectivity index (χ2n) is 8.53. The molecule has 2 aromatic rings. The molecule has 25 heavy (non-hydrogen) atoms. The van der Waals surface area contributed by atoms with Gasteiger partial charge in [0.1, 0.15) is 6.04 Å². The molecule has 0 amide bonds. The fourth-order valence-electron chi connectivity index (χ4n) is 4.68. The lowest BCUT2D eigenvalue weighted by Gasteiger charge is -2.41. The summed E-state index contributed by atoms with van der Waals surface area (Å²) in [4.78, 5) is 0. The molecule has 1 saturated heterocycles. The van der Waals surface area contributed by atoms with Crippen LogP contribution in [0.4, 0.5) is 5.69 Å². The average molecular weight is 336 g/mol. The van der Waals surface area contributed by atoms with Crippen LogP contribution in [0.1, 0.15) is 41.9 Å². The van der Waals surface area contributed by atoms with Crippen LogP contribution in [-0.2, 0) is 12.8 Å². The molecular weight excluding hydrogens is 304 g/mol. The first-order chi connectivity index (χ1) is 12.1. The number of fused-ring (bicyclic) bond motifs is 1. The number of nitrogens with one attached hydrogen (secondary N) is 1. The summed E-state index contributed by atoms with van der Waals surface area (Å²) in [5.41, 5.74) is 5.82. The Morgan fingerprint density at radius 1 is 0.920 bits per heavy atom. The predicted octanol–water partition coefficient (Wildman–Crippen LogP) is 4.61. The van der Waals surface area contributed by atoms with Gasteiger partial charge in [0.2, 0.25) is 0 Å². The lowest BCUT2D eigenvalue weighted by Crippen LogP contribution is -2.54. The molecule has 1 atom stereocenters. The number of hydrogen-bond donors (Lipinski definition) is 1. The van der Waals surface area contributed by atoms with E-state index in [4.69, 9.17) is 0 Å². The summed E-state index contributed by atoms with van der Waals surface area (Å²) in [6.07, 6.45) is 6.49. The van der Waals surface area contributed by atoms with Crippen LogP contribution in [0.15, 0.2) is 48.5 Å². The third-order valence-electron chi connectivity index (χ3n) is 6.49. The number of benzene rings is 2. The van der Waals surface area contributed by atoms with Gasteiger partial charge in [-0.3, -0.25) is 0 Å².